The van der Waals surface area contributed by atoms with E-state index < -0.39 is 5.41 Å². The molecule has 2 rings (SSSR count). The van der Waals surface area contributed by atoms with Gasteiger partial charge < -0.3 is 10.5 Å². The van der Waals surface area contributed by atoms with Crippen molar-refractivity contribution in [3.8, 4) is 6.07 Å². The first-order valence-electron chi connectivity index (χ1n) is 4.43. The number of rotatable bonds is 2. The second kappa shape index (κ2) is 3.37. The van der Waals surface area contributed by atoms with Crippen LogP contribution in [0.5, 0.6) is 0 Å². The maximum absolute atomic E-state index is 9.04. The Morgan fingerprint density at radius 1 is 1.50 bits per heavy atom. The third kappa shape index (κ3) is 1.27. The van der Waals surface area contributed by atoms with E-state index >= 15 is 0 Å². The van der Waals surface area contributed by atoms with Crippen LogP contribution in [0.2, 0.25) is 0 Å². The lowest BCUT2D eigenvalue weighted by molar-refractivity contribution is -0.0910. The van der Waals surface area contributed by atoms with Crippen molar-refractivity contribution in [2.24, 2.45) is 11.1 Å². The minimum Gasteiger partial charge on any atom is -0.378 e. The van der Waals surface area contributed by atoms with E-state index in [1.807, 2.05) is 12.1 Å². The summed E-state index contributed by atoms with van der Waals surface area (Å²) in [6.07, 6.45) is 3.36. The number of aromatic nitrogens is 1. The highest BCUT2D eigenvalue weighted by molar-refractivity contribution is 5.23. The van der Waals surface area contributed by atoms with Crippen LogP contribution in [0.1, 0.15) is 11.6 Å². The number of hydrogen-bond acceptors (Lipinski definition) is 4. The standard InChI is InChI=1S/C10H11N3O/c11-5-10(6-14-7-10)9(12)8-1-3-13-4-2-8/h1-4,9H,6-7,12H2. The SMILES string of the molecule is N#CC1(C(N)c2ccncc2)COC1. The fraction of sp³-hybridized carbons (Fsp3) is 0.400. The summed E-state index contributed by atoms with van der Waals surface area (Å²) in [5, 5.41) is 9.04. The molecular weight excluding hydrogens is 178 g/mol. The zero-order chi connectivity index (χ0) is 10.0. The molecule has 72 valence electrons. The van der Waals surface area contributed by atoms with Gasteiger partial charge in [-0.25, -0.2) is 0 Å². The van der Waals surface area contributed by atoms with Gasteiger partial charge in [-0.15, -0.1) is 0 Å². The quantitative estimate of drug-likeness (QED) is 0.740. The fourth-order valence-corrected chi connectivity index (χ4v) is 1.53. The Kier molecular flexibility index (Phi) is 2.20. The number of nitrogens with zero attached hydrogens (tertiary/aromatic N) is 2. The molecule has 0 aliphatic carbocycles. The van der Waals surface area contributed by atoms with Crippen LogP contribution in [-0.4, -0.2) is 18.2 Å². The average molecular weight is 189 g/mol. The van der Waals surface area contributed by atoms with Crippen LogP contribution < -0.4 is 5.73 Å². The van der Waals surface area contributed by atoms with Crippen molar-refractivity contribution in [2.75, 3.05) is 13.2 Å². The Bertz CT molecular complexity index is 353. The third-order valence-electron chi connectivity index (χ3n) is 2.60. The second-order valence-corrected chi connectivity index (χ2v) is 3.52. The van der Waals surface area contributed by atoms with Crippen molar-refractivity contribution in [3.05, 3.63) is 30.1 Å². The van der Waals surface area contributed by atoms with Gasteiger partial charge in [-0.05, 0) is 17.7 Å². The molecule has 0 bridgehead atoms. The fourth-order valence-electron chi connectivity index (χ4n) is 1.53. The van der Waals surface area contributed by atoms with Gasteiger partial charge in [0, 0.05) is 12.4 Å². The van der Waals surface area contributed by atoms with Crippen molar-refractivity contribution in [1.82, 2.24) is 4.98 Å². The molecule has 1 fully saturated rings. The lowest BCUT2D eigenvalue weighted by Crippen LogP contribution is -2.49. The summed E-state index contributed by atoms with van der Waals surface area (Å²) in [5.41, 5.74) is 6.41. The van der Waals surface area contributed by atoms with Crippen LogP contribution >= 0.6 is 0 Å². The monoisotopic (exact) mass is 189 g/mol. The maximum atomic E-state index is 9.04. The molecule has 14 heavy (non-hydrogen) atoms. The highest BCUT2D eigenvalue weighted by atomic mass is 16.5. The molecular formula is C10H11N3O. The van der Waals surface area contributed by atoms with E-state index in [9.17, 15) is 0 Å². The highest BCUT2D eigenvalue weighted by Crippen LogP contribution is 2.37. The molecule has 4 nitrogen and oxygen atoms in total. The van der Waals surface area contributed by atoms with Crippen molar-refractivity contribution in [3.63, 3.8) is 0 Å². The lowest BCUT2D eigenvalue weighted by Gasteiger charge is -2.39. The number of nitrogens with two attached hydrogens (primary N) is 1. The second-order valence-electron chi connectivity index (χ2n) is 3.52. The molecule has 2 N–H and O–H groups in total. The molecule has 1 atom stereocenters. The largest absolute Gasteiger partial charge is 0.378 e. The maximum Gasteiger partial charge on any atom is 0.123 e. The number of pyridine rings is 1. The lowest BCUT2D eigenvalue weighted by atomic mass is 9.77. The number of ether oxygens (including phenoxy) is 1. The van der Waals surface area contributed by atoms with Gasteiger partial charge in [0.15, 0.2) is 0 Å². The summed E-state index contributed by atoms with van der Waals surface area (Å²) >= 11 is 0. The molecule has 1 aromatic heterocycles. The summed E-state index contributed by atoms with van der Waals surface area (Å²) in [7, 11) is 0. The molecule has 4 heteroatoms. The minimum atomic E-state index is -0.540. The van der Waals surface area contributed by atoms with E-state index in [0.29, 0.717) is 13.2 Å². The van der Waals surface area contributed by atoms with Crippen molar-refractivity contribution in [2.45, 2.75) is 6.04 Å². The van der Waals surface area contributed by atoms with E-state index in [4.69, 9.17) is 15.7 Å². The molecule has 0 amide bonds. The van der Waals surface area contributed by atoms with Crippen LogP contribution in [0.3, 0.4) is 0 Å². The number of hydrogen-bond donors (Lipinski definition) is 1. The minimum absolute atomic E-state index is 0.288. The zero-order valence-electron chi connectivity index (χ0n) is 7.68. The van der Waals surface area contributed by atoms with Gasteiger partial charge in [0.25, 0.3) is 0 Å². The zero-order valence-corrected chi connectivity index (χ0v) is 7.68. The van der Waals surface area contributed by atoms with Crippen molar-refractivity contribution in [1.29, 1.82) is 5.26 Å². The van der Waals surface area contributed by atoms with E-state index in [1.165, 1.54) is 0 Å². The van der Waals surface area contributed by atoms with E-state index in [-0.39, 0.29) is 6.04 Å². The van der Waals surface area contributed by atoms with E-state index in [1.54, 1.807) is 12.4 Å². The molecule has 2 heterocycles. The smallest absolute Gasteiger partial charge is 0.123 e. The molecule has 1 aliphatic heterocycles. The highest BCUT2D eigenvalue weighted by Gasteiger charge is 2.45. The van der Waals surface area contributed by atoms with Gasteiger partial charge in [0.05, 0.1) is 25.3 Å². The summed E-state index contributed by atoms with van der Waals surface area (Å²) < 4.78 is 5.05. The third-order valence-corrected chi connectivity index (χ3v) is 2.60. The molecule has 1 aromatic rings. The Hall–Kier alpha value is -1.44. The van der Waals surface area contributed by atoms with Gasteiger partial charge in [-0.1, -0.05) is 0 Å². The molecule has 0 aromatic carbocycles. The van der Waals surface area contributed by atoms with Crippen molar-refractivity contribution >= 4 is 0 Å². The molecule has 1 aliphatic rings. The van der Waals surface area contributed by atoms with E-state index in [2.05, 4.69) is 11.1 Å². The molecule has 1 unspecified atom stereocenters. The van der Waals surface area contributed by atoms with Crippen LogP contribution in [0.15, 0.2) is 24.5 Å². The predicted molar refractivity (Wildman–Crippen MR) is 50.0 cm³/mol. The van der Waals surface area contributed by atoms with Crippen LogP contribution in [0.25, 0.3) is 0 Å². The first-order valence-corrected chi connectivity index (χ1v) is 4.43. The summed E-state index contributed by atoms with van der Waals surface area (Å²) in [6, 6.07) is 5.63. The van der Waals surface area contributed by atoms with E-state index in [0.717, 1.165) is 5.56 Å². The molecule has 0 spiro atoms. The Morgan fingerprint density at radius 2 is 2.14 bits per heavy atom. The van der Waals surface area contributed by atoms with Crippen molar-refractivity contribution < 1.29 is 4.74 Å². The van der Waals surface area contributed by atoms with Crippen LogP contribution in [0, 0.1) is 16.7 Å². The summed E-state index contributed by atoms with van der Waals surface area (Å²) in [4.78, 5) is 3.91. The normalized spacial score (nSPS) is 20.6. The van der Waals surface area contributed by atoms with Gasteiger partial charge >= 0.3 is 0 Å². The van der Waals surface area contributed by atoms with Gasteiger partial charge in [0.2, 0.25) is 0 Å². The summed E-state index contributed by atoms with van der Waals surface area (Å²) in [6.45, 7) is 0.847. The molecule has 0 saturated carbocycles. The first kappa shape index (κ1) is 9.13. The molecule has 1 saturated heterocycles. The Morgan fingerprint density at radius 3 is 2.57 bits per heavy atom. The predicted octanol–water partition coefficient (Wildman–Crippen LogP) is 0.622. The van der Waals surface area contributed by atoms with Crippen LogP contribution in [-0.2, 0) is 4.74 Å². The number of nitriles is 1. The average Bonchev–Trinajstić information content (AvgIpc) is 2.18. The first-order chi connectivity index (χ1) is 6.78. The molecule has 0 radical (unpaired) electrons. The van der Waals surface area contributed by atoms with Gasteiger partial charge in [-0.3, -0.25) is 4.98 Å². The van der Waals surface area contributed by atoms with Gasteiger partial charge in [-0.2, -0.15) is 5.26 Å². The van der Waals surface area contributed by atoms with Gasteiger partial charge in [0.1, 0.15) is 5.41 Å². The Labute approximate surface area is 82.3 Å². The topological polar surface area (TPSA) is 71.9 Å². The Balaban J connectivity index is 2.24. The summed E-state index contributed by atoms with van der Waals surface area (Å²) in [5.74, 6) is 0. The van der Waals surface area contributed by atoms with Crippen LogP contribution in [0.4, 0.5) is 0 Å².